The molecule has 1 rings (SSSR count). The molecule has 1 N–H and O–H groups in total. The molecule has 0 saturated heterocycles. The lowest BCUT2D eigenvalue weighted by atomic mass is 9.84. The third-order valence-corrected chi connectivity index (χ3v) is 3.41. The molecule has 3 nitrogen and oxygen atoms in total. The van der Waals surface area contributed by atoms with Crippen LogP contribution in [0.4, 0.5) is 0 Å². The highest BCUT2D eigenvalue weighted by Crippen LogP contribution is 2.39. The summed E-state index contributed by atoms with van der Waals surface area (Å²) in [6, 6.07) is 0.316. The van der Waals surface area contributed by atoms with E-state index < -0.39 is 5.54 Å². The summed E-state index contributed by atoms with van der Waals surface area (Å²) in [6.45, 7) is 6.31. The summed E-state index contributed by atoms with van der Waals surface area (Å²) in [7, 11) is 1.48. The second kappa shape index (κ2) is 4.97. The SMILES string of the molecule is CCC1CCCC1(NC(C)C)C(=O)OC. The van der Waals surface area contributed by atoms with Crippen LogP contribution in [0.1, 0.15) is 46.5 Å². The molecule has 0 aliphatic heterocycles. The Labute approximate surface area is 92.6 Å². The lowest BCUT2D eigenvalue weighted by Gasteiger charge is -2.35. The van der Waals surface area contributed by atoms with Gasteiger partial charge in [-0.25, -0.2) is 0 Å². The topological polar surface area (TPSA) is 38.3 Å². The quantitative estimate of drug-likeness (QED) is 0.727. The first kappa shape index (κ1) is 12.5. The normalized spacial score (nSPS) is 30.9. The van der Waals surface area contributed by atoms with E-state index in [0.717, 1.165) is 25.7 Å². The smallest absolute Gasteiger partial charge is 0.326 e. The molecule has 1 aliphatic carbocycles. The van der Waals surface area contributed by atoms with Crippen molar-refractivity contribution in [3.05, 3.63) is 0 Å². The van der Waals surface area contributed by atoms with Gasteiger partial charge in [0.25, 0.3) is 0 Å². The van der Waals surface area contributed by atoms with E-state index >= 15 is 0 Å². The first-order valence-corrected chi connectivity index (χ1v) is 5.93. The largest absolute Gasteiger partial charge is 0.468 e. The molecule has 1 aliphatic rings. The van der Waals surface area contributed by atoms with Crippen molar-refractivity contribution in [1.29, 1.82) is 0 Å². The van der Waals surface area contributed by atoms with Crippen molar-refractivity contribution >= 4 is 5.97 Å². The Kier molecular flexibility index (Phi) is 4.14. The Morgan fingerprint density at radius 2 is 2.27 bits per heavy atom. The van der Waals surface area contributed by atoms with E-state index in [1.54, 1.807) is 0 Å². The molecule has 1 saturated carbocycles. The fourth-order valence-electron chi connectivity index (χ4n) is 2.85. The van der Waals surface area contributed by atoms with Gasteiger partial charge >= 0.3 is 5.97 Å². The molecule has 2 unspecified atom stereocenters. The monoisotopic (exact) mass is 213 g/mol. The van der Waals surface area contributed by atoms with Crippen molar-refractivity contribution in [2.45, 2.75) is 58.0 Å². The van der Waals surface area contributed by atoms with Gasteiger partial charge in [-0.05, 0) is 32.6 Å². The zero-order valence-electron chi connectivity index (χ0n) is 10.3. The number of carbonyl (C=O) groups excluding carboxylic acids is 1. The third-order valence-electron chi connectivity index (χ3n) is 3.41. The zero-order chi connectivity index (χ0) is 11.5. The maximum atomic E-state index is 12.0. The Morgan fingerprint density at radius 1 is 1.60 bits per heavy atom. The van der Waals surface area contributed by atoms with Crippen LogP contribution in [0.2, 0.25) is 0 Å². The molecule has 3 heteroatoms. The van der Waals surface area contributed by atoms with Crippen molar-refractivity contribution < 1.29 is 9.53 Å². The highest BCUT2D eigenvalue weighted by atomic mass is 16.5. The number of rotatable bonds is 4. The van der Waals surface area contributed by atoms with Gasteiger partial charge in [0.1, 0.15) is 5.54 Å². The molecular weight excluding hydrogens is 190 g/mol. The van der Waals surface area contributed by atoms with E-state index in [2.05, 4.69) is 26.1 Å². The highest BCUT2D eigenvalue weighted by molar-refractivity contribution is 5.81. The maximum Gasteiger partial charge on any atom is 0.326 e. The van der Waals surface area contributed by atoms with Gasteiger partial charge in [-0.1, -0.05) is 19.8 Å². The molecule has 0 spiro atoms. The standard InChI is InChI=1S/C12H23NO2/c1-5-10-7-6-8-12(10,11(14)15-4)13-9(2)3/h9-10,13H,5-8H2,1-4H3. The second-order valence-corrected chi connectivity index (χ2v) is 4.76. The predicted molar refractivity (Wildman–Crippen MR) is 60.7 cm³/mol. The van der Waals surface area contributed by atoms with Crippen molar-refractivity contribution in [3.63, 3.8) is 0 Å². The number of hydrogen-bond donors (Lipinski definition) is 1. The zero-order valence-corrected chi connectivity index (χ0v) is 10.3. The van der Waals surface area contributed by atoms with Crippen LogP contribution < -0.4 is 5.32 Å². The van der Waals surface area contributed by atoms with Crippen LogP contribution in [0.15, 0.2) is 0 Å². The molecule has 0 radical (unpaired) electrons. The number of carbonyl (C=O) groups is 1. The Hall–Kier alpha value is -0.570. The summed E-state index contributed by atoms with van der Waals surface area (Å²) in [6.07, 6.45) is 4.20. The molecular formula is C12H23NO2. The minimum atomic E-state index is -0.419. The van der Waals surface area contributed by atoms with E-state index in [1.807, 2.05) is 0 Å². The van der Waals surface area contributed by atoms with Gasteiger partial charge in [0.2, 0.25) is 0 Å². The first-order valence-electron chi connectivity index (χ1n) is 5.93. The Balaban J connectivity index is 2.89. The van der Waals surface area contributed by atoms with E-state index in [1.165, 1.54) is 7.11 Å². The number of hydrogen-bond acceptors (Lipinski definition) is 3. The van der Waals surface area contributed by atoms with Gasteiger partial charge in [-0.3, -0.25) is 10.1 Å². The Bertz CT molecular complexity index is 228. The lowest BCUT2D eigenvalue weighted by molar-refractivity contribution is -0.150. The molecule has 0 bridgehead atoms. The lowest BCUT2D eigenvalue weighted by Crippen LogP contribution is -2.57. The van der Waals surface area contributed by atoms with Gasteiger partial charge in [-0.15, -0.1) is 0 Å². The van der Waals surface area contributed by atoms with Crippen molar-refractivity contribution in [2.24, 2.45) is 5.92 Å². The molecule has 0 aromatic carbocycles. The van der Waals surface area contributed by atoms with E-state index in [4.69, 9.17) is 4.74 Å². The number of nitrogens with one attached hydrogen (secondary N) is 1. The van der Waals surface area contributed by atoms with Gasteiger partial charge in [0.15, 0.2) is 0 Å². The third kappa shape index (κ3) is 2.33. The molecule has 1 fully saturated rings. The van der Waals surface area contributed by atoms with E-state index in [0.29, 0.717) is 12.0 Å². The second-order valence-electron chi connectivity index (χ2n) is 4.76. The van der Waals surface area contributed by atoms with Gasteiger partial charge < -0.3 is 4.74 Å². The molecule has 0 aromatic rings. The average molecular weight is 213 g/mol. The number of esters is 1. The highest BCUT2D eigenvalue weighted by Gasteiger charge is 2.49. The van der Waals surface area contributed by atoms with Crippen LogP contribution in [0.25, 0.3) is 0 Å². The molecule has 0 amide bonds. The predicted octanol–water partition coefficient (Wildman–Crippen LogP) is 2.11. The van der Waals surface area contributed by atoms with Crippen LogP contribution in [0, 0.1) is 5.92 Å². The van der Waals surface area contributed by atoms with E-state index in [-0.39, 0.29) is 5.97 Å². The molecule has 15 heavy (non-hydrogen) atoms. The van der Waals surface area contributed by atoms with Crippen LogP contribution in [-0.4, -0.2) is 24.7 Å². The number of ether oxygens (including phenoxy) is 1. The average Bonchev–Trinajstić information content (AvgIpc) is 2.59. The molecule has 0 heterocycles. The summed E-state index contributed by atoms with van der Waals surface area (Å²) in [5, 5.41) is 3.43. The van der Waals surface area contributed by atoms with Crippen LogP contribution in [0.5, 0.6) is 0 Å². The summed E-state index contributed by atoms with van der Waals surface area (Å²) in [5.41, 5.74) is -0.419. The summed E-state index contributed by atoms with van der Waals surface area (Å²) >= 11 is 0. The van der Waals surface area contributed by atoms with Crippen molar-refractivity contribution in [2.75, 3.05) is 7.11 Å². The van der Waals surface area contributed by atoms with Crippen LogP contribution in [-0.2, 0) is 9.53 Å². The molecule has 88 valence electrons. The van der Waals surface area contributed by atoms with Gasteiger partial charge in [-0.2, -0.15) is 0 Å². The minimum Gasteiger partial charge on any atom is -0.468 e. The fraction of sp³-hybridized carbons (Fsp3) is 0.917. The van der Waals surface area contributed by atoms with Crippen molar-refractivity contribution in [1.82, 2.24) is 5.32 Å². The fourth-order valence-corrected chi connectivity index (χ4v) is 2.85. The van der Waals surface area contributed by atoms with Gasteiger partial charge in [0, 0.05) is 6.04 Å². The maximum absolute atomic E-state index is 12.0. The molecule has 2 atom stereocenters. The summed E-state index contributed by atoms with van der Waals surface area (Å²) in [5.74, 6) is 0.341. The van der Waals surface area contributed by atoms with Gasteiger partial charge in [0.05, 0.1) is 7.11 Å². The molecule has 0 aromatic heterocycles. The minimum absolute atomic E-state index is 0.0828. The van der Waals surface area contributed by atoms with Crippen LogP contribution >= 0.6 is 0 Å². The summed E-state index contributed by atoms with van der Waals surface area (Å²) in [4.78, 5) is 12.0. The number of methoxy groups -OCH3 is 1. The van der Waals surface area contributed by atoms with Crippen LogP contribution in [0.3, 0.4) is 0 Å². The summed E-state index contributed by atoms with van der Waals surface area (Å²) < 4.78 is 4.97. The van der Waals surface area contributed by atoms with Crippen molar-refractivity contribution in [3.8, 4) is 0 Å². The Morgan fingerprint density at radius 3 is 2.73 bits per heavy atom. The first-order chi connectivity index (χ1) is 7.06. The van der Waals surface area contributed by atoms with E-state index in [9.17, 15) is 4.79 Å².